The molecule has 2 aliphatic rings. The lowest BCUT2D eigenvalue weighted by atomic mass is 10.1. The molecule has 0 saturated carbocycles. The summed E-state index contributed by atoms with van der Waals surface area (Å²) in [5, 5.41) is 9.46. The van der Waals surface area contributed by atoms with Crippen molar-refractivity contribution in [3.05, 3.63) is 83.3 Å². The number of carboxylic acids is 1. The summed E-state index contributed by atoms with van der Waals surface area (Å²) in [5.41, 5.74) is 0.736. The summed E-state index contributed by atoms with van der Waals surface area (Å²) in [6.45, 7) is 0. The Hall–Kier alpha value is -2.55. The van der Waals surface area contributed by atoms with E-state index < -0.39 is 28.1 Å². The number of ether oxygens (including phenoxy) is 1. The van der Waals surface area contributed by atoms with E-state index in [1.54, 1.807) is 42.1 Å². The number of thioether (sulfide) groups is 1. The summed E-state index contributed by atoms with van der Waals surface area (Å²) < 4.78 is 34.0. The van der Waals surface area contributed by atoms with E-state index in [9.17, 15) is 18.3 Å². The highest BCUT2D eigenvalue weighted by molar-refractivity contribution is 8.00. The number of para-hydroxylation sites is 1. The second kappa shape index (κ2) is 8.06. The van der Waals surface area contributed by atoms with Gasteiger partial charge in [-0.2, -0.15) is 4.72 Å². The van der Waals surface area contributed by atoms with Gasteiger partial charge in [-0.3, -0.25) is 4.79 Å². The van der Waals surface area contributed by atoms with E-state index in [2.05, 4.69) is 4.72 Å². The van der Waals surface area contributed by atoms with E-state index in [1.165, 1.54) is 12.2 Å². The van der Waals surface area contributed by atoms with Crippen LogP contribution in [0.5, 0.6) is 5.75 Å². The third-order valence-corrected chi connectivity index (χ3v) is 7.44. The Morgan fingerprint density at radius 3 is 2.62 bits per heavy atom. The molecule has 0 spiro atoms. The largest absolute Gasteiger partial charge is 0.484 e. The van der Waals surface area contributed by atoms with Gasteiger partial charge in [0.15, 0.2) is 0 Å². The number of sulfonamides is 1. The number of allylic oxidation sites excluding steroid dienone is 1. The highest BCUT2D eigenvalue weighted by atomic mass is 32.2. The fraction of sp³-hybridized carbons (Fsp3) is 0.190. The van der Waals surface area contributed by atoms with Crippen LogP contribution in [-0.4, -0.2) is 36.9 Å². The van der Waals surface area contributed by atoms with Gasteiger partial charge in [0.25, 0.3) is 0 Å². The number of carboxylic acid groups (broad SMARTS) is 1. The molecule has 0 bridgehead atoms. The van der Waals surface area contributed by atoms with Crippen molar-refractivity contribution in [1.29, 1.82) is 0 Å². The zero-order chi connectivity index (χ0) is 20.4. The summed E-state index contributed by atoms with van der Waals surface area (Å²) >= 11 is 1.61. The predicted molar refractivity (Wildman–Crippen MR) is 111 cm³/mol. The van der Waals surface area contributed by atoms with Gasteiger partial charge in [-0.05, 0) is 36.3 Å². The number of aliphatic carboxylic acids is 1. The molecule has 0 saturated heterocycles. The third kappa shape index (κ3) is 4.39. The van der Waals surface area contributed by atoms with Gasteiger partial charge in [0, 0.05) is 0 Å². The van der Waals surface area contributed by atoms with Crippen molar-refractivity contribution < 1.29 is 23.1 Å². The highest BCUT2D eigenvalue weighted by Crippen LogP contribution is 2.42. The van der Waals surface area contributed by atoms with Gasteiger partial charge >= 0.3 is 5.97 Å². The van der Waals surface area contributed by atoms with E-state index in [0.29, 0.717) is 5.75 Å². The van der Waals surface area contributed by atoms with Crippen molar-refractivity contribution in [2.45, 2.75) is 28.7 Å². The fourth-order valence-electron chi connectivity index (χ4n) is 3.22. The van der Waals surface area contributed by atoms with Gasteiger partial charge in [-0.1, -0.05) is 48.5 Å². The number of rotatable bonds is 6. The minimum absolute atomic E-state index is 0.0121. The summed E-state index contributed by atoms with van der Waals surface area (Å²) in [7, 11) is -4.02. The van der Waals surface area contributed by atoms with Crippen LogP contribution in [0, 0.1) is 0 Å². The van der Waals surface area contributed by atoms with Crippen LogP contribution in [0.1, 0.15) is 5.56 Å². The highest BCUT2D eigenvalue weighted by Gasteiger charge is 2.34. The molecule has 0 radical (unpaired) electrons. The molecule has 0 fully saturated rings. The Morgan fingerprint density at radius 2 is 1.86 bits per heavy atom. The molecule has 1 aliphatic carbocycles. The maximum Gasteiger partial charge on any atom is 0.322 e. The molecule has 2 aromatic rings. The zero-order valence-corrected chi connectivity index (χ0v) is 16.9. The molecular formula is C21H19NO5S2. The van der Waals surface area contributed by atoms with Crippen LogP contribution in [0.15, 0.2) is 82.6 Å². The normalized spacial score (nSPS) is 21.3. The number of fused-ring (bicyclic) bond motifs is 2. The lowest BCUT2D eigenvalue weighted by Crippen LogP contribution is -2.43. The Labute approximate surface area is 173 Å². The van der Waals surface area contributed by atoms with Crippen LogP contribution in [0.3, 0.4) is 0 Å². The first kappa shape index (κ1) is 19.8. The first-order valence-corrected chi connectivity index (χ1v) is 11.4. The number of hydrogen-bond donors (Lipinski definition) is 2. The fourth-order valence-corrected chi connectivity index (χ4v) is 5.59. The topological polar surface area (TPSA) is 92.7 Å². The molecule has 1 heterocycles. The number of benzene rings is 2. The first-order valence-electron chi connectivity index (χ1n) is 9.04. The van der Waals surface area contributed by atoms with E-state index in [1.807, 2.05) is 30.3 Å². The van der Waals surface area contributed by atoms with E-state index in [4.69, 9.17) is 4.74 Å². The van der Waals surface area contributed by atoms with Gasteiger partial charge in [0.05, 0.1) is 15.1 Å². The standard InChI is InChI=1S/C21H19NO5S2/c23-21(24)16(12-14-6-2-1-3-7-14)22-29(25,26)15-10-11-20-18(13-15)27-17-8-4-5-9-19(17)28-20/h1-11,13,16,18,20,22H,12H2,(H,23,24). The molecule has 6 nitrogen and oxygen atoms in total. The smallest absolute Gasteiger partial charge is 0.322 e. The number of carbonyl (C=O) groups is 1. The van der Waals surface area contributed by atoms with Crippen molar-refractivity contribution in [2.24, 2.45) is 0 Å². The van der Waals surface area contributed by atoms with E-state index in [-0.39, 0.29) is 16.6 Å². The maximum absolute atomic E-state index is 12.9. The van der Waals surface area contributed by atoms with Gasteiger partial charge in [-0.25, -0.2) is 8.42 Å². The first-order chi connectivity index (χ1) is 13.9. The van der Waals surface area contributed by atoms with Crippen LogP contribution in [0.2, 0.25) is 0 Å². The van der Waals surface area contributed by atoms with Gasteiger partial charge in [0.2, 0.25) is 10.0 Å². The molecule has 0 aromatic heterocycles. The van der Waals surface area contributed by atoms with Crippen molar-refractivity contribution in [1.82, 2.24) is 4.72 Å². The summed E-state index contributed by atoms with van der Waals surface area (Å²) in [4.78, 5) is 12.7. The summed E-state index contributed by atoms with van der Waals surface area (Å²) in [6, 6.07) is 15.2. The lowest BCUT2D eigenvalue weighted by Gasteiger charge is -2.32. The Bertz CT molecular complexity index is 1080. The molecular weight excluding hydrogens is 410 g/mol. The Kier molecular flexibility index (Phi) is 5.49. The maximum atomic E-state index is 12.9. The minimum atomic E-state index is -4.02. The monoisotopic (exact) mass is 429 g/mol. The predicted octanol–water partition coefficient (Wildman–Crippen LogP) is 2.98. The van der Waals surface area contributed by atoms with Crippen molar-refractivity contribution >= 4 is 27.8 Å². The zero-order valence-electron chi connectivity index (χ0n) is 15.3. The molecule has 8 heteroatoms. The number of nitrogens with one attached hydrogen (secondary N) is 1. The molecule has 3 unspecified atom stereocenters. The molecule has 0 amide bonds. The number of hydrogen-bond acceptors (Lipinski definition) is 5. The average Bonchev–Trinajstić information content (AvgIpc) is 2.72. The SMILES string of the molecule is O=C(O)C(Cc1ccccc1)NS(=O)(=O)C1=CC2Oc3ccccc3SC2C=C1. The van der Waals surface area contributed by atoms with E-state index >= 15 is 0 Å². The summed E-state index contributed by atoms with van der Waals surface area (Å²) in [6.07, 6.45) is 4.45. The van der Waals surface area contributed by atoms with Gasteiger partial charge < -0.3 is 9.84 Å². The van der Waals surface area contributed by atoms with Crippen LogP contribution in [-0.2, 0) is 21.2 Å². The second-order valence-electron chi connectivity index (χ2n) is 6.74. The van der Waals surface area contributed by atoms with Crippen LogP contribution in [0.25, 0.3) is 0 Å². The molecule has 2 aromatic carbocycles. The lowest BCUT2D eigenvalue weighted by molar-refractivity contribution is -0.138. The van der Waals surface area contributed by atoms with Gasteiger partial charge in [0.1, 0.15) is 17.9 Å². The minimum Gasteiger partial charge on any atom is -0.484 e. The average molecular weight is 430 g/mol. The molecule has 29 heavy (non-hydrogen) atoms. The van der Waals surface area contributed by atoms with Crippen molar-refractivity contribution in [3.8, 4) is 5.75 Å². The molecule has 3 atom stereocenters. The van der Waals surface area contributed by atoms with Crippen LogP contribution in [0.4, 0.5) is 0 Å². The van der Waals surface area contributed by atoms with Crippen LogP contribution >= 0.6 is 11.8 Å². The Balaban J connectivity index is 1.53. The van der Waals surface area contributed by atoms with E-state index in [0.717, 1.165) is 10.5 Å². The Morgan fingerprint density at radius 1 is 1.14 bits per heavy atom. The molecule has 1 aliphatic heterocycles. The van der Waals surface area contributed by atoms with Gasteiger partial charge in [-0.15, -0.1) is 11.8 Å². The summed E-state index contributed by atoms with van der Waals surface area (Å²) in [5.74, 6) is -0.517. The molecule has 2 N–H and O–H groups in total. The molecule has 4 rings (SSSR count). The third-order valence-electron chi connectivity index (χ3n) is 4.67. The van der Waals surface area contributed by atoms with Crippen molar-refractivity contribution in [2.75, 3.05) is 0 Å². The second-order valence-corrected chi connectivity index (χ2v) is 9.68. The van der Waals surface area contributed by atoms with Crippen molar-refractivity contribution in [3.63, 3.8) is 0 Å². The quantitative estimate of drug-likeness (QED) is 0.733. The van der Waals surface area contributed by atoms with Crippen LogP contribution < -0.4 is 9.46 Å². The molecule has 150 valence electrons.